The number of nitrogens with zero attached hydrogens (tertiary/aromatic N) is 1. The van der Waals surface area contributed by atoms with Crippen LogP contribution < -0.4 is 14.8 Å². The molecule has 0 fully saturated rings. The van der Waals surface area contributed by atoms with E-state index in [2.05, 4.69) is 10.3 Å². The molecular weight excluding hydrogens is 320 g/mol. The quantitative estimate of drug-likeness (QED) is 0.851. The summed E-state index contributed by atoms with van der Waals surface area (Å²) in [6.07, 6.45) is 2.59. The minimum Gasteiger partial charge on any atom is -0.486 e. The number of aromatic nitrogens is 1. The lowest BCUT2D eigenvalue weighted by Gasteiger charge is -2.26. The number of thioether (sulfide) groups is 1. The molecule has 3 rings (SSSR count). The van der Waals surface area contributed by atoms with Crippen molar-refractivity contribution in [3.63, 3.8) is 0 Å². The Kier molecular flexibility index (Phi) is 4.84. The van der Waals surface area contributed by atoms with Gasteiger partial charge in [-0.25, -0.2) is 4.98 Å². The number of hydrogen-bond acceptors (Lipinski definition) is 6. The predicted molar refractivity (Wildman–Crippen MR) is 87.2 cm³/mol. The highest BCUT2D eigenvalue weighted by Gasteiger charge is 2.20. The van der Waals surface area contributed by atoms with Crippen LogP contribution in [0, 0.1) is 0 Å². The van der Waals surface area contributed by atoms with Crippen LogP contribution in [0.3, 0.4) is 0 Å². The van der Waals surface area contributed by atoms with Crippen molar-refractivity contribution in [3.05, 3.63) is 35.3 Å². The molecule has 5 nitrogen and oxygen atoms in total. The minimum absolute atomic E-state index is 0.0487. The van der Waals surface area contributed by atoms with E-state index in [0.717, 1.165) is 15.8 Å². The summed E-state index contributed by atoms with van der Waals surface area (Å²) in [6, 6.07) is 7.61. The molecular formula is C15H16N2O3S2. The maximum atomic E-state index is 12.0. The van der Waals surface area contributed by atoms with Gasteiger partial charge in [-0.3, -0.25) is 4.79 Å². The molecule has 0 saturated heterocycles. The molecule has 0 aliphatic carbocycles. The largest absolute Gasteiger partial charge is 0.486 e. The van der Waals surface area contributed by atoms with E-state index < -0.39 is 0 Å². The van der Waals surface area contributed by atoms with Crippen LogP contribution in [0.15, 0.2) is 34.0 Å². The number of carbonyl (C=O) groups is 1. The van der Waals surface area contributed by atoms with Crippen molar-refractivity contribution in [1.82, 2.24) is 10.3 Å². The van der Waals surface area contributed by atoms with E-state index in [-0.39, 0.29) is 12.0 Å². The summed E-state index contributed by atoms with van der Waals surface area (Å²) in [7, 11) is 0. The van der Waals surface area contributed by atoms with Crippen LogP contribution in [-0.2, 0) is 0 Å². The fourth-order valence-corrected chi connectivity index (χ4v) is 3.34. The number of carbonyl (C=O) groups excluding carboxylic acids is 1. The fourth-order valence-electron chi connectivity index (χ4n) is 2.10. The van der Waals surface area contributed by atoms with Gasteiger partial charge in [0.2, 0.25) is 0 Å². The first-order valence-electron chi connectivity index (χ1n) is 6.92. The van der Waals surface area contributed by atoms with E-state index in [4.69, 9.17) is 9.47 Å². The smallest absolute Gasteiger partial charge is 0.270 e. The summed E-state index contributed by atoms with van der Waals surface area (Å²) in [6.45, 7) is 1.03. The van der Waals surface area contributed by atoms with Gasteiger partial charge in [0.1, 0.15) is 22.7 Å². The number of rotatable bonds is 5. The minimum atomic E-state index is -0.145. The van der Waals surface area contributed by atoms with E-state index in [0.29, 0.717) is 25.3 Å². The van der Waals surface area contributed by atoms with E-state index in [1.54, 1.807) is 5.38 Å². The molecule has 0 bridgehead atoms. The van der Waals surface area contributed by atoms with Crippen molar-refractivity contribution >= 4 is 29.0 Å². The van der Waals surface area contributed by atoms with Crippen molar-refractivity contribution < 1.29 is 14.3 Å². The lowest BCUT2D eigenvalue weighted by atomic mass is 10.2. The first-order valence-corrected chi connectivity index (χ1v) is 9.03. The topological polar surface area (TPSA) is 60.5 Å². The molecule has 2 aromatic rings. The van der Waals surface area contributed by atoms with E-state index >= 15 is 0 Å². The standard InChI is InChI=1S/C15H16N2O3S2/c1-21-15-17-11(9-22-15)14(18)16-7-6-10-8-19-12-4-2-3-5-13(12)20-10/h2-5,9-10H,6-8H2,1H3,(H,16,18)/t10-/m0/s1. The molecule has 1 N–H and O–H groups in total. The number of hydrogen-bond donors (Lipinski definition) is 1. The second kappa shape index (κ2) is 7.02. The van der Waals surface area contributed by atoms with Crippen molar-refractivity contribution in [2.75, 3.05) is 19.4 Å². The summed E-state index contributed by atoms with van der Waals surface area (Å²) in [5, 5.41) is 4.64. The lowest BCUT2D eigenvalue weighted by molar-refractivity contribution is 0.0811. The zero-order chi connectivity index (χ0) is 15.4. The Bertz CT molecular complexity index is 660. The van der Waals surface area contributed by atoms with Gasteiger partial charge < -0.3 is 14.8 Å². The van der Waals surface area contributed by atoms with Crippen LogP contribution in [0.5, 0.6) is 11.5 Å². The van der Waals surface area contributed by atoms with Gasteiger partial charge in [-0.05, 0) is 18.4 Å². The van der Waals surface area contributed by atoms with Crippen LogP contribution in [0.25, 0.3) is 0 Å². The summed E-state index contributed by atoms with van der Waals surface area (Å²) >= 11 is 3.02. The molecule has 0 saturated carbocycles. The van der Waals surface area contributed by atoms with Crippen LogP contribution in [0.2, 0.25) is 0 Å². The zero-order valence-electron chi connectivity index (χ0n) is 12.1. The van der Waals surface area contributed by atoms with Crippen molar-refractivity contribution in [2.45, 2.75) is 16.9 Å². The van der Waals surface area contributed by atoms with Crippen molar-refractivity contribution in [3.8, 4) is 11.5 Å². The highest BCUT2D eigenvalue weighted by Crippen LogP contribution is 2.31. The van der Waals surface area contributed by atoms with Gasteiger partial charge in [0, 0.05) is 18.3 Å². The highest BCUT2D eigenvalue weighted by molar-refractivity contribution is 8.00. The Balaban J connectivity index is 1.47. The molecule has 0 spiro atoms. The molecule has 1 aliphatic rings. The molecule has 0 unspecified atom stereocenters. The number of thiazole rings is 1. The summed E-state index contributed by atoms with van der Waals surface area (Å²) < 4.78 is 12.4. The first-order chi connectivity index (χ1) is 10.8. The Hall–Kier alpha value is -1.73. The number of nitrogens with one attached hydrogen (secondary N) is 1. The van der Waals surface area contributed by atoms with Crippen LogP contribution in [-0.4, -0.2) is 36.4 Å². The van der Waals surface area contributed by atoms with Gasteiger partial charge in [0.25, 0.3) is 5.91 Å². The van der Waals surface area contributed by atoms with E-state index in [9.17, 15) is 4.79 Å². The molecule has 22 heavy (non-hydrogen) atoms. The van der Waals surface area contributed by atoms with Gasteiger partial charge in [0.15, 0.2) is 11.5 Å². The normalized spacial score (nSPS) is 16.3. The summed E-state index contributed by atoms with van der Waals surface area (Å²) in [5.74, 6) is 1.39. The Morgan fingerprint density at radius 2 is 2.27 bits per heavy atom. The maximum Gasteiger partial charge on any atom is 0.270 e. The van der Waals surface area contributed by atoms with Crippen molar-refractivity contribution in [1.29, 1.82) is 0 Å². The van der Waals surface area contributed by atoms with Gasteiger partial charge in [-0.15, -0.1) is 11.3 Å². The van der Waals surface area contributed by atoms with Crippen LogP contribution >= 0.6 is 23.1 Å². The van der Waals surface area contributed by atoms with Crippen molar-refractivity contribution in [2.24, 2.45) is 0 Å². The highest BCUT2D eigenvalue weighted by atomic mass is 32.2. The number of ether oxygens (including phenoxy) is 2. The number of para-hydroxylation sites is 2. The number of amides is 1. The molecule has 0 radical (unpaired) electrons. The maximum absolute atomic E-state index is 12.0. The SMILES string of the molecule is CSc1nc(C(=O)NCC[C@H]2COc3ccccc3O2)cs1. The fraction of sp³-hybridized carbons (Fsp3) is 0.333. The van der Waals surface area contributed by atoms with Gasteiger partial charge >= 0.3 is 0 Å². The van der Waals surface area contributed by atoms with E-state index in [1.165, 1.54) is 23.1 Å². The Morgan fingerprint density at radius 3 is 3.05 bits per heavy atom. The zero-order valence-corrected chi connectivity index (χ0v) is 13.7. The second-order valence-electron chi connectivity index (χ2n) is 4.74. The Morgan fingerprint density at radius 1 is 1.45 bits per heavy atom. The molecule has 1 aliphatic heterocycles. The number of benzene rings is 1. The summed E-state index contributed by atoms with van der Waals surface area (Å²) in [4.78, 5) is 16.2. The molecule has 1 atom stereocenters. The molecule has 116 valence electrons. The van der Waals surface area contributed by atoms with Gasteiger partial charge in [0.05, 0.1) is 0 Å². The lowest BCUT2D eigenvalue weighted by Crippen LogP contribution is -2.34. The molecule has 1 aromatic carbocycles. The molecule has 1 aromatic heterocycles. The van der Waals surface area contributed by atoms with Crippen LogP contribution in [0.4, 0.5) is 0 Å². The van der Waals surface area contributed by atoms with Crippen LogP contribution in [0.1, 0.15) is 16.9 Å². The molecule has 1 amide bonds. The van der Waals surface area contributed by atoms with Gasteiger partial charge in [-0.2, -0.15) is 0 Å². The predicted octanol–water partition coefficient (Wildman–Crippen LogP) is 2.82. The average Bonchev–Trinajstić information content (AvgIpc) is 3.04. The van der Waals surface area contributed by atoms with E-state index in [1.807, 2.05) is 30.5 Å². The third-order valence-electron chi connectivity index (χ3n) is 3.21. The molecule has 2 heterocycles. The monoisotopic (exact) mass is 336 g/mol. The average molecular weight is 336 g/mol. The second-order valence-corrected chi connectivity index (χ2v) is 6.66. The third kappa shape index (κ3) is 3.53. The first kappa shape index (κ1) is 15.2. The number of fused-ring (bicyclic) bond motifs is 1. The van der Waals surface area contributed by atoms with Gasteiger partial charge in [-0.1, -0.05) is 23.9 Å². The Labute approximate surface area is 137 Å². The summed E-state index contributed by atoms with van der Waals surface area (Å²) in [5.41, 5.74) is 0.473. The third-order valence-corrected chi connectivity index (χ3v) is 5.07. The molecule has 7 heteroatoms.